The van der Waals surface area contributed by atoms with Crippen molar-refractivity contribution in [2.24, 2.45) is 10.9 Å². The van der Waals surface area contributed by atoms with Crippen LogP contribution in [-0.4, -0.2) is 14.7 Å². The van der Waals surface area contributed by atoms with E-state index in [1.807, 2.05) is 0 Å². The summed E-state index contributed by atoms with van der Waals surface area (Å²) in [6.07, 6.45) is -2.90. The zero-order valence-corrected chi connectivity index (χ0v) is 12.7. The summed E-state index contributed by atoms with van der Waals surface area (Å²) in [4.78, 5) is 3.35. The van der Waals surface area contributed by atoms with Crippen LogP contribution in [0.15, 0.2) is 52.2 Å². The van der Waals surface area contributed by atoms with E-state index in [-0.39, 0.29) is 5.82 Å². The number of hydrogen-bond acceptors (Lipinski definition) is 6. The van der Waals surface area contributed by atoms with Crippen LogP contribution in [0.3, 0.4) is 0 Å². The molecule has 0 aliphatic heterocycles. The minimum Gasteiger partial charge on any atom is -0.396 e. The van der Waals surface area contributed by atoms with Gasteiger partial charge >= 0.3 is 12.1 Å². The van der Waals surface area contributed by atoms with Crippen LogP contribution in [0.2, 0.25) is 0 Å². The van der Waals surface area contributed by atoms with Gasteiger partial charge in [0.2, 0.25) is 5.82 Å². The highest BCUT2D eigenvalue weighted by Gasteiger charge is 2.38. The number of nitrogens with two attached hydrogens (primary N) is 2. The molecule has 0 unspecified atom stereocenters. The van der Waals surface area contributed by atoms with Crippen molar-refractivity contribution < 1.29 is 17.7 Å². The van der Waals surface area contributed by atoms with E-state index in [0.29, 0.717) is 23.3 Å². The molecular weight excluding hydrogens is 337 g/mol. The van der Waals surface area contributed by atoms with Crippen LogP contribution < -0.4 is 17.1 Å². The Morgan fingerprint density at radius 3 is 2.48 bits per heavy atom. The Balaban J connectivity index is 1.84. The summed E-state index contributed by atoms with van der Waals surface area (Å²) in [6.45, 7) is 0.432. The number of benzene rings is 1. The molecule has 0 amide bonds. The molecule has 7 nitrogen and oxygen atoms in total. The molecule has 4 N–H and O–H groups in total. The van der Waals surface area contributed by atoms with E-state index in [2.05, 4.69) is 19.8 Å². The second-order valence-electron chi connectivity index (χ2n) is 5.16. The first kappa shape index (κ1) is 16.6. The smallest absolute Gasteiger partial charge is 0.396 e. The Morgan fingerprint density at radius 1 is 1.16 bits per heavy atom. The molecule has 0 spiro atoms. The molecule has 3 aromatic rings. The molecule has 0 aliphatic carbocycles. The minimum atomic E-state index is -4.67. The predicted molar refractivity (Wildman–Crippen MR) is 82.4 cm³/mol. The lowest BCUT2D eigenvalue weighted by Gasteiger charge is -2.09. The third-order valence-electron chi connectivity index (χ3n) is 3.43. The average molecular weight is 350 g/mol. The molecule has 1 aromatic carbocycles. The quantitative estimate of drug-likeness (QED) is 0.554. The molecule has 3 rings (SSSR count). The second kappa shape index (κ2) is 6.30. The first-order chi connectivity index (χ1) is 11.9. The maximum atomic E-state index is 12.5. The molecule has 0 saturated heterocycles. The van der Waals surface area contributed by atoms with Crippen molar-refractivity contribution in [2.45, 2.75) is 12.7 Å². The van der Waals surface area contributed by atoms with E-state index in [1.165, 1.54) is 0 Å². The van der Waals surface area contributed by atoms with Gasteiger partial charge in [0, 0.05) is 18.3 Å². The van der Waals surface area contributed by atoms with Crippen molar-refractivity contribution in [2.75, 3.05) is 5.73 Å². The molecule has 0 aliphatic rings. The number of hydrogen-bond donors (Lipinski definition) is 2. The molecule has 0 saturated carbocycles. The lowest BCUT2D eigenvalue weighted by Crippen LogP contribution is -2.25. The predicted octanol–water partition coefficient (Wildman–Crippen LogP) is 1.96. The van der Waals surface area contributed by atoms with Crippen LogP contribution >= 0.6 is 0 Å². The fraction of sp³-hybridized carbons (Fsp3) is 0.133. The van der Waals surface area contributed by atoms with Crippen LogP contribution in [0.4, 0.5) is 18.9 Å². The van der Waals surface area contributed by atoms with Gasteiger partial charge in [0.1, 0.15) is 0 Å². The van der Waals surface area contributed by atoms with Gasteiger partial charge in [-0.3, -0.25) is 0 Å². The van der Waals surface area contributed by atoms with E-state index < -0.39 is 12.1 Å². The standard InChI is InChI=1S/C15H13F3N6O/c16-15(17,18)14-21-12(23-25-14)10-5-3-9(4-6-10)8-24-7-1-2-11(19)13(24)22-20/h1-7H,8,19-20H2/b22-13+. The van der Waals surface area contributed by atoms with Gasteiger partial charge < -0.3 is 20.7 Å². The Bertz CT molecular complexity index is 943. The Kier molecular flexibility index (Phi) is 4.17. The number of nitrogen functional groups attached to an aromatic ring is 1. The molecule has 0 atom stereocenters. The first-order valence-corrected chi connectivity index (χ1v) is 7.07. The summed E-state index contributed by atoms with van der Waals surface area (Å²) in [5.41, 5.74) is 7.95. The molecule has 2 heterocycles. The molecule has 0 bridgehead atoms. The van der Waals surface area contributed by atoms with Crippen LogP contribution in [-0.2, 0) is 12.7 Å². The molecule has 130 valence electrons. The lowest BCUT2D eigenvalue weighted by atomic mass is 10.1. The molecule has 25 heavy (non-hydrogen) atoms. The van der Waals surface area contributed by atoms with Crippen molar-refractivity contribution in [1.82, 2.24) is 14.7 Å². The van der Waals surface area contributed by atoms with Crippen molar-refractivity contribution in [3.05, 3.63) is 59.5 Å². The third kappa shape index (κ3) is 3.47. The first-order valence-electron chi connectivity index (χ1n) is 7.07. The van der Waals surface area contributed by atoms with Gasteiger partial charge in [-0.25, -0.2) is 0 Å². The summed E-state index contributed by atoms with van der Waals surface area (Å²) >= 11 is 0. The number of anilines is 1. The van der Waals surface area contributed by atoms with Crippen LogP contribution in [0, 0.1) is 0 Å². The average Bonchev–Trinajstić information content (AvgIpc) is 3.06. The monoisotopic (exact) mass is 350 g/mol. The van der Waals surface area contributed by atoms with Crippen LogP contribution in [0.5, 0.6) is 0 Å². The number of aromatic nitrogens is 3. The van der Waals surface area contributed by atoms with Gasteiger partial charge in [-0.05, 0) is 17.7 Å². The SMILES string of the molecule is N/N=c1\c(N)cccn1Cc1ccc(-c2noc(C(F)(F)F)n2)cc1. The second-order valence-corrected chi connectivity index (χ2v) is 5.16. The van der Waals surface area contributed by atoms with E-state index in [1.54, 1.807) is 47.2 Å². The highest BCUT2D eigenvalue weighted by atomic mass is 19.4. The molecular formula is C15H13F3N6O. The summed E-state index contributed by atoms with van der Waals surface area (Å²) in [5.74, 6) is 3.84. The fourth-order valence-corrected chi connectivity index (χ4v) is 2.25. The minimum absolute atomic E-state index is 0.131. The van der Waals surface area contributed by atoms with Crippen molar-refractivity contribution in [1.29, 1.82) is 0 Å². The number of nitrogens with zero attached hydrogens (tertiary/aromatic N) is 4. The molecule has 0 radical (unpaired) electrons. The molecule has 10 heteroatoms. The highest BCUT2D eigenvalue weighted by Crippen LogP contribution is 2.29. The zero-order chi connectivity index (χ0) is 18.0. The largest absolute Gasteiger partial charge is 0.471 e. The molecule has 2 aromatic heterocycles. The van der Waals surface area contributed by atoms with Crippen molar-refractivity contribution in [3.63, 3.8) is 0 Å². The van der Waals surface area contributed by atoms with Gasteiger partial charge in [-0.1, -0.05) is 29.4 Å². The number of alkyl halides is 3. The van der Waals surface area contributed by atoms with Gasteiger partial charge in [0.05, 0.1) is 5.69 Å². The number of rotatable bonds is 3. The summed E-state index contributed by atoms with van der Waals surface area (Å²) < 4.78 is 43.5. The highest BCUT2D eigenvalue weighted by molar-refractivity contribution is 5.54. The van der Waals surface area contributed by atoms with Gasteiger partial charge in [-0.15, -0.1) is 0 Å². The maximum absolute atomic E-state index is 12.5. The maximum Gasteiger partial charge on any atom is 0.471 e. The fourth-order valence-electron chi connectivity index (χ4n) is 2.25. The van der Waals surface area contributed by atoms with Crippen LogP contribution in [0.25, 0.3) is 11.4 Å². The van der Waals surface area contributed by atoms with E-state index >= 15 is 0 Å². The number of pyridine rings is 1. The number of halogens is 3. The Hall–Kier alpha value is -3.30. The van der Waals surface area contributed by atoms with Crippen molar-refractivity contribution >= 4 is 5.69 Å². The normalized spacial score (nSPS) is 12.5. The van der Waals surface area contributed by atoms with Gasteiger partial charge in [0.15, 0.2) is 5.49 Å². The van der Waals surface area contributed by atoms with Crippen molar-refractivity contribution in [3.8, 4) is 11.4 Å². The zero-order valence-electron chi connectivity index (χ0n) is 12.7. The molecule has 0 fully saturated rings. The summed E-state index contributed by atoms with van der Waals surface area (Å²) in [7, 11) is 0. The van der Waals surface area contributed by atoms with Crippen LogP contribution in [0.1, 0.15) is 11.5 Å². The Morgan fingerprint density at radius 2 is 1.88 bits per heavy atom. The van der Waals surface area contributed by atoms with E-state index in [0.717, 1.165) is 5.56 Å². The van der Waals surface area contributed by atoms with E-state index in [4.69, 9.17) is 11.6 Å². The Labute approximate surface area is 139 Å². The topological polar surface area (TPSA) is 108 Å². The van der Waals surface area contributed by atoms with Gasteiger partial charge in [0.25, 0.3) is 0 Å². The lowest BCUT2D eigenvalue weighted by molar-refractivity contribution is -0.159. The van der Waals surface area contributed by atoms with Gasteiger partial charge in [-0.2, -0.15) is 23.3 Å². The summed E-state index contributed by atoms with van der Waals surface area (Å²) in [5, 5.41) is 7.00. The van der Waals surface area contributed by atoms with E-state index in [9.17, 15) is 13.2 Å². The third-order valence-corrected chi connectivity index (χ3v) is 3.43. The summed E-state index contributed by atoms with van der Waals surface area (Å²) in [6, 6.07) is 10.1.